The molecule has 0 atom stereocenters. The van der Waals surface area contributed by atoms with E-state index in [9.17, 15) is 4.79 Å². The molecule has 0 saturated carbocycles. The Morgan fingerprint density at radius 1 is 1.05 bits per heavy atom. The van der Waals surface area contributed by atoms with E-state index in [1.54, 1.807) is 4.90 Å². The van der Waals surface area contributed by atoms with Gasteiger partial charge in [-0.3, -0.25) is 4.79 Å². The molecular formula is C18H22N2O. The van der Waals surface area contributed by atoms with E-state index < -0.39 is 0 Å². The van der Waals surface area contributed by atoms with E-state index in [4.69, 9.17) is 5.73 Å². The van der Waals surface area contributed by atoms with Crippen LogP contribution in [0.4, 0.5) is 0 Å². The number of amides is 1. The van der Waals surface area contributed by atoms with E-state index >= 15 is 0 Å². The van der Waals surface area contributed by atoms with Crippen LogP contribution in [0, 0.1) is 13.8 Å². The Kier molecular flexibility index (Phi) is 4.76. The molecule has 0 saturated heterocycles. The minimum atomic E-state index is 0.0416. The van der Waals surface area contributed by atoms with Gasteiger partial charge in [-0.1, -0.05) is 41.5 Å². The molecule has 0 spiro atoms. The standard InChI is InChI=1S/C18H22N2O/c1-13-7-14(2)9-17(8-13)18(21)20(3)12-16-6-4-5-15(10-16)11-19/h4-10H,11-12,19H2,1-3H3. The van der Waals surface area contributed by atoms with Gasteiger partial charge in [-0.15, -0.1) is 0 Å². The number of carbonyl (C=O) groups is 1. The Morgan fingerprint density at radius 3 is 2.29 bits per heavy atom. The number of nitrogens with zero attached hydrogens (tertiary/aromatic N) is 1. The van der Waals surface area contributed by atoms with E-state index in [0.717, 1.165) is 27.8 Å². The normalized spacial score (nSPS) is 10.5. The molecule has 0 radical (unpaired) electrons. The van der Waals surface area contributed by atoms with Gasteiger partial charge in [-0.05, 0) is 37.1 Å². The van der Waals surface area contributed by atoms with Crippen molar-refractivity contribution in [3.05, 3.63) is 70.3 Å². The SMILES string of the molecule is Cc1cc(C)cc(C(=O)N(C)Cc2cccc(CN)c2)c1. The van der Waals surface area contributed by atoms with Crippen LogP contribution in [0.5, 0.6) is 0 Å². The molecule has 0 fully saturated rings. The fraction of sp³-hybridized carbons (Fsp3) is 0.278. The molecular weight excluding hydrogens is 260 g/mol. The molecule has 0 aromatic heterocycles. The van der Waals surface area contributed by atoms with Gasteiger partial charge in [0.15, 0.2) is 0 Å². The van der Waals surface area contributed by atoms with Crippen molar-refractivity contribution in [2.45, 2.75) is 26.9 Å². The second-order valence-electron chi connectivity index (χ2n) is 5.56. The summed E-state index contributed by atoms with van der Waals surface area (Å²) in [6.45, 7) is 5.12. The van der Waals surface area contributed by atoms with Crippen molar-refractivity contribution in [3.8, 4) is 0 Å². The van der Waals surface area contributed by atoms with E-state index in [2.05, 4.69) is 6.07 Å². The van der Waals surface area contributed by atoms with E-state index in [-0.39, 0.29) is 5.91 Å². The Balaban J connectivity index is 2.15. The summed E-state index contributed by atoms with van der Waals surface area (Å²) in [4.78, 5) is 14.2. The lowest BCUT2D eigenvalue weighted by molar-refractivity contribution is 0.0785. The highest BCUT2D eigenvalue weighted by molar-refractivity contribution is 5.94. The predicted octanol–water partition coefficient (Wildman–Crippen LogP) is 3.03. The van der Waals surface area contributed by atoms with Gasteiger partial charge in [0, 0.05) is 25.7 Å². The summed E-state index contributed by atoms with van der Waals surface area (Å²) in [5, 5.41) is 0. The average molecular weight is 282 g/mol. The molecule has 3 nitrogen and oxygen atoms in total. The summed E-state index contributed by atoms with van der Waals surface area (Å²) in [6.07, 6.45) is 0. The minimum Gasteiger partial charge on any atom is -0.337 e. The quantitative estimate of drug-likeness (QED) is 0.937. The Hall–Kier alpha value is -2.13. The van der Waals surface area contributed by atoms with Crippen LogP contribution in [0.3, 0.4) is 0 Å². The summed E-state index contributed by atoms with van der Waals surface area (Å²) in [5.74, 6) is 0.0416. The van der Waals surface area contributed by atoms with Crippen molar-refractivity contribution in [3.63, 3.8) is 0 Å². The van der Waals surface area contributed by atoms with Gasteiger partial charge in [0.05, 0.1) is 0 Å². The van der Waals surface area contributed by atoms with Gasteiger partial charge in [0.1, 0.15) is 0 Å². The topological polar surface area (TPSA) is 46.3 Å². The number of aryl methyl sites for hydroxylation is 2. The van der Waals surface area contributed by atoms with Gasteiger partial charge in [0.2, 0.25) is 0 Å². The zero-order chi connectivity index (χ0) is 15.4. The van der Waals surface area contributed by atoms with E-state index in [0.29, 0.717) is 13.1 Å². The summed E-state index contributed by atoms with van der Waals surface area (Å²) in [7, 11) is 1.83. The van der Waals surface area contributed by atoms with Crippen LogP contribution >= 0.6 is 0 Å². The molecule has 1 amide bonds. The second kappa shape index (κ2) is 6.55. The van der Waals surface area contributed by atoms with Crippen molar-refractivity contribution >= 4 is 5.91 Å². The molecule has 0 aliphatic carbocycles. The number of rotatable bonds is 4. The van der Waals surface area contributed by atoms with Gasteiger partial charge < -0.3 is 10.6 Å². The molecule has 0 aliphatic rings. The number of hydrogen-bond acceptors (Lipinski definition) is 2. The van der Waals surface area contributed by atoms with Gasteiger partial charge >= 0.3 is 0 Å². The van der Waals surface area contributed by atoms with Crippen molar-refractivity contribution in [1.29, 1.82) is 0 Å². The first-order valence-corrected chi connectivity index (χ1v) is 7.11. The van der Waals surface area contributed by atoms with Crippen molar-refractivity contribution in [2.75, 3.05) is 7.05 Å². The molecule has 110 valence electrons. The smallest absolute Gasteiger partial charge is 0.253 e. The number of benzene rings is 2. The highest BCUT2D eigenvalue weighted by atomic mass is 16.2. The first-order valence-electron chi connectivity index (χ1n) is 7.11. The van der Waals surface area contributed by atoms with Crippen LogP contribution in [-0.4, -0.2) is 17.9 Å². The lowest BCUT2D eigenvalue weighted by Gasteiger charge is -2.18. The monoisotopic (exact) mass is 282 g/mol. The molecule has 0 aliphatic heterocycles. The van der Waals surface area contributed by atoms with Crippen LogP contribution in [-0.2, 0) is 13.1 Å². The van der Waals surface area contributed by atoms with Crippen molar-refractivity contribution in [2.24, 2.45) is 5.73 Å². The maximum Gasteiger partial charge on any atom is 0.253 e. The summed E-state index contributed by atoms with van der Waals surface area (Å²) < 4.78 is 0. The molecule has 0 heterocycles. The maximum absolute atomic E-state index is 12.5. The molecule has 2 aromatic rings. The number of hydrogen-bond donors (Lipinski definition) is 1. The van der Waals surface area contributed by atoms with E-state index in [1.165, 1.54) is 0 Å². The predicted molar refractivity (Wildman–Crippen MR) is 86.0 cm³/mol. The second-order valence-corrected chi connectivity index (χ2v) is 5.56. The van der Waals surface area contributed by atoms with Crippen LogP contribution in [0.1, 0.15) is 32.6 Å². The fourth-order valence-corrected chi connectivity index (χ4v) is 2.52. The molecule has 2 rings (SSSR count). The van der Waals surface area contributed by atoms with Crippen LogP contribution in [0.25, 0.3) is 0 Å². The first kappa shape index (κ1) is 15.3. The molecule has 0 unspecified atom stereocenters. The Bertz CT molecular complexity index is 629. The molecule has 0 bridgehead atoms. The van der Waals surface area contributed by atoms with Crippen molar-refractivity contribution < 1.29 is 4.79 Å². The van der Waals surface area contributed by atoms with Crippen LogP contribution in [0.2, 0.25) is 0 Å². The lowest BCUT2D eigenvalue weighted by Crippen LogP contribution is -2.26. The number of nitrogens with two attached hydrogens (primary N) is 1. The highest BCUT2D eigenvalue weighted by Crippen LogP contribution is 2.13. The largest absolute Gasteiger partial charge is 0.337 e. The first-order chi connectivity index (χ1) is 9.99. The third-order valence-corrected chi connectivity index (χ3v) is 3.46. The van der Waals surface area contributed by atoms with Crippen molar-refractivity contribution in [1.82, 2.24) is 4.90 Å². The molecule has 21 heavy (non-hydrogen) atoms. The lowest BCUT2D eigenvalue weighted by atomic mass is 10.1. The van der Waals surface area contributed by atoms with Crippen LogP contribution in [0.15, 0.2) is 42.5 Å². The third kappa shape index (κ3) is 3.92. The zero-order valence-corrected chi connectivity index (χ0v) is 12.9. The van der Waals surface area contributed by atoms with Crippen LogP contribution < -0.4 is 5.73 Å². The maximum atomic E-state index is 12.5. The average Bonchev–Trinajstić information content (AvgIpc) is 2.45. The Morgan fingerprint density at radius 2 is 1.67 bits per heavy atom. The zero-order valence-electron chi connectivity index (χ0n) is 12.9. The van der Waals surface area contributed by atoms with Gasteiger partial charge in [-0.25, -0.2) is 0 Å². The highest BCUT2D eigenvalue weighted by Gasteiger charge is 2.13. The number of carbonyl (C=O) groups excluding carboxylic acids is 1. The summed E-state index contributed by atoms with van der Waals surface area (Å²) in [5.41, 5.74) is 10.8. The third-order valence-electron chi connectivity index (χ3n) is 3.46. The molecule has 2 N–H and O–H groups in total. The summed E-state index contributed by atoms with van der Waals surface area (Å²) in [6, 6.07) is 14.0. The fourth-order valence-electron chi connectivity index (χ4n) is 2.52. The van der Waals surface area contributed by atoms with Gasteiger partial charge in [0.25, 0.3) is 5.91 Å². The Labute approximate surface area is 126 Å². The molecule has 2 aromatic carbocycles. The van der Waals surface area contributed by atoms with E-state index in [1.807, 2.05) is 57.3 Å². The molecule has 3 heteroatoms. The summed E-state index contributed by atoms with van der Waals surface area (Å²) >= 11 is 0. The minimum absolute atomic E-state index is 0.0416. The van der Waals surface area contributed by atoms with Gasteiger partial charge in [-0.2, -0.15) is 0 Å².